The van der Waals surface area contributed by atoms with Crippen molar-refractivity contribution in [2.24, 2.45) is 11.6 Å². The van der Waals surface area contributed by atoms with Crippen molar-refractivity contribution in [2.75, 3.05) is 5.01 Å². The van der Waals surface area contributed by atoms with Gasteiger partial charge in [-0.1, -0.05) is 54.5 Å². The highest BCUT2D eigenvalue weighted by molar-refractivity contribution is 5.67. The molecule has 0 aliphatic heterocycles. The van der Waals surface area contributed by atoms with Crippen LogP contribution in [0, 0.1) is 5.82 Å². The molecule has 0 atom stereocenters. The van der Waals surface area contributed by atoms with Crippen molar-refractivity contribution in [2.45, 2.75) is 13.3 Å². The molecule has 0 spiro atoms. The lowest BCUT2D eigenvalue weighted by molar-refractivity contribution is 0.407. The number of benzene rings is 2. The second-order valence-corrected chi connectivity index (χ2v) is 5.32. The van der Waals surface area contributed by atoms with Gasteiger partial charge in [0.1, 0.15) is 11.5 Å². The van der Waals surface area contributed by atoms with Gasteiger partial charge in [-0.3, -0.25) is 5.01 Å². The summed E-state index contributed by atoms with van der Waals surface area (Å²) in [5.74, 6) is 6.19. The van der Waals surface area contributed by atoms with Gasteiger partial charge in [-0.15, -0.1) is 0 Å². The normalized spacial score (nSPS) is 12.0. The van der Waals surface area contributed by atoms with Crippen molar-refractivity contribution in [1.29, 1.82) is 0 Å². The van der Waals surface area contributed by atoms with Crippen LogP contribution >= 0.6 is 0 Å². The summed E-state index contributed by atoms with van der Waals surface area (Å²) in [6.07, 6.45) is 0.458. The largest absolute Gasteiger partial charge is 0.393 e. The molecule has 0 saturated heterocycles. The van der Waals surface area contributed by atoms with E-state index in [0.29, 0.717) is 17.9 Å². The minimum atomic E-state index is -0.445. The summed E-state index contributed by atoms with van der Waals surface area (Å²) < 4.78 is 19.3. The number of nitrogens with two attached hydrogens (primary N) is 2. The molecule has 7 heteroatoms. The van der Waals surface area contributed by atoms with Gasteiger partial charge in [-0.05, 0) is 18.6 Å². The fourth-order valence-corrected chi connectivity index (χ4v) is 2.44. The van der Waals surface area contributed by atoms with Crippen molar-refractivity contribution >= 4 is 11.4 Å². The van der Waals surface area contributed by atoms with E-state index in [2.05, 4.69) is 10.1 Å². The number of hydrogen-bond acceptors (Lipinski definition) is 6. The van der Waals surface area contributed by atoms with Crippen molar-refractivity contribution in [3.8, 4) is 11.4 Å². The molecule has 1 aromatic heterocycles. The van der Waals surface area contributed by atoms with Gasteiger partial charge in [0.15, 0.2) is 0 Å². The van der Waals surface area contributed by atoms with E-state index in [-0.39, 0.29) is 17.3 Å². The zero-order valence-corrected chi connectivity index (χ0v) is 13.7. The fourth-order valence-electron chi connectivity index (χ4n) is 2.44. The third kappa shape index (κ3) is 3.36. The van der Waals surface area contributed by atoms with Crippen LogP contribution in [0.5, 0.6) is 0 Å². The molecule has 0 bridgehead atoms. The minimum Gasteiger partial charge on any atom is -0.393 e. The van der Waals surface area contributed by atoms with Crippen LogP contribution in [0.15, 0.2) is 64.8 Å². The molecular weight excluding hydrogens is 321 g/mol. The Kier molecular flexibility index (Phi) is 4.76. The first-order valence-electron chi connectivity index (χ1n) is 7.79. The topological polar surface area (TPSA) is 94.2 Å². The van der Waals surface area contributed by atoms with Crippen molar-refractivity contribution < 1.29 is 8.91 Å². The lowest BCUT2D eigenvalue weighted by atomic mass is 10.2. The van der Waals surface area contributed by atoms with Crippen LogP contribution in [0.4, 0.5) is 10.1 Å². The third-order valence-electron chi connectivity index (χ3n) is 3.74. The molecule has 4 N–H and O–H groups in total. The molecule has 128 valence electrons. The van der Waals surface area contributed by atoms with Crippen LogP contribution in [0.2, 0.25) is 0 Å². The molecule has 0 radical (unpaired) electrons. The molecule has 0 unspecified atom stereocenters. The number of allylic oxidation sites excluding steroid dienone is 1. The fraction of sp³-hybridized carbons (Fsp3) is 0.111. The zero-order valence-electron chi connectivity index (χ0n) is 13.7. The van der Waals surface area contributed by atoms with Crippen LogP contribution in [0.3, 0.4) is 0 Å². The molecule has 3 aromatic rings. The number of anilines is 1. The second-order valence-electron chi connectivity index (χ2n) is 5.32. The summed E-state index contributed by atoms with van der Waals surface area (Å²) in [6.45, 7) is 1.86. The van der Waals surface area contributed by atoms with Crippen LogP contribution in [0.25, 0.3) is 17.1 Å². The summed E-state index contributed by atoms with van der Waals surface area (Å²) in [5, 5.41) is 5.15. The second kappa shape index (κ2) is 7.14. The van der Waals surface area contributed by atoms with E-state index in [1.807, 2.05) is 37.3 Å². The van der Waals surface area contributed by atoms with E-state index in [9.17, 15) is 4.39 Å². The van der Waals surface area contributed by atoms with E-state index in [0.717, 1.165) is 5.56 Å². The molecule has 0 fully saturated rings. The number of hydrazine groups is 1. The van der Waals surface area contributed by atoms with Crippen molar-refractivity contribution in [3.05, 3.63) is 72.0 Å². The number of aromatic nitrogens is 2. The highest BCUT2D eigenvalue weighted by atomic mass is 19.1. The lowest BCUT2D eigenvalue weighted by Gasteiger charge is -2.22. The van der Waals surface area contributed by atoms with Crippen molar-refractivity contribution in [1.82, 2.24) is 10.1 Å². The van der Waals surface area contributed by atoms with Gasteiger partial charge in [0.25, 0.3) is 5.89 Å². The van der Waals surface area contributed by atoms with E-state index < -0.39 is 5.82 Å². The Bertz CT molecular complexity index is 891. The average Bonchev–Trinajstić information content (AvgIpc) is 3.13. The van der Waals surface area contributed by atoms with E-state index in [1.165, 1.54) is 11.1 Å². The Morgan fingerprint density at radius 3 is 2.48 bits per heavy atom. The Labute approximate surface area is 144 Å². The first-order chi connectivity index (χ1) is 12.1. The molecule has 3 rings (SSSR count). The van der Waals surface area contributed by atoms with Gasteiger partial charge in [-0.25, -0.2) is 10.2 Å². The molecule has 25 heavy (non-hydrogen) atoms. The van der Waals surface area contributed by atoms with Crippen LogP contribution in [-0.2, 0) is 0 Å². The molecule has 0 aliphatic carbocycles. The number of rotatable bonds is 5. The molecule has 0 aliphatic rings. The maximum Gasteiger partial charge on any atom is 0.275 e. The van der Waals surface area contributed by atoms with Gasteiger partial charge >= 0.3 is 0 Å². The van der Waals surface area contributed by atoms with Gasteiger partial charge in [0, 0.05) is 5.56 Å². The molecular formula is C18H18FN5O. The van der Waals surface area contributed by atoms with Gasteiger partial charge in [0.2, 0.25) is 5.82 Å². The van der Waals surface area contributed by atoms with Crippen LogP contribution in [0.1, 0.15) is 19.2 Å². The molecule has 0 saturated carbocycles. The van der Waals surface area contributed by atoms with E-state index in [4.69, 9.17) is 16.1 Å². The first-order valence-corrected chi connectivity index (χ1v) is 7.79. The Morgan fingerprint density at radius 2 is 1.80 bits per heavy atom. The summed E-state index contributed by atoms with van der Waals surface area (Å²) in [6, 6.07) is 15.6. The Morgan fingerprint density at radius 1 is 1.12 bits per heavy atom. The lowest BCUT2D eigenvalue weighted by Crippen LogP contribution is -2.32. The maximum atomic E-state index is 14.0. The number of halogens is 1. The highest BCUT2D eigenvalue weighted by Gasteiger charge is 2.19. The van der Waals surface area contributed by atoms with Gasteiger partial charge in [-0.2, -0.15) is 4.98 Å². The number of hydrogen-bond donors (Lipinski definition) is 2. The monoisotopic (exact) mass is 339 g/mol. The predicted octanol–water partition coefficient (Wildman–Crippen LogP) is 3.29. The Hall–Kier alpha value is -3.19. The first kappa shape index (κ1) is 16.7. The maximum absolute atomic E-state index is 14.0. The Balaban J connectivity index is 1.97. The summed E-state index contributed by atoms with van der Waals surface area (Å²) in [4.78, 5) is 4.31. The smallest absolute Gasteiger partial charge is 0.275 e. The minimum absolute atomic E-state index is 0.141. The quantitative estimate of drug-likeness (QED) is 0.547. The number of nitrogens with zero attached hydrogens (tertiary/aromatic N) is 3. The van der Waals surface area contributed by atoms with Crippen molar-refractivity contribution in [3.63, 3.8) is 0 Å². The third-order valence-corrected chi connectivity index (χ3v) is 3.74. The molecule has 6 nitrogen and oxygen atoms in total. The molecule has 1 heterocycles. The van der Waals surface area contributed by atoms with Gasteiger partial charge in [0.05, 0.1) is 11.4 Å². The highest BCUT2D eigenvalue weighted by Crippen LogP contribution is 2.25. The van der Waals surface area contributed by atoms with E-state index >= 15 is 0 Å². The number of para-hydroxylation sites is 1. The predicted molar refractivity (Wildman–Crippen MR) is 94.2 cm³/mol. The molecule has 0 amide bonds. The zero-order chi connectivity index (χ0) is 17.8. The average molecular weight is 339 g/mol. The SMILES string of the molecule is CC/C(=C(/N)c1nc(-c2ccccc2)no1)N(N)c1ccccc1F. The van der Waals surface area contributed by atoms with Crippen LogP contribution in [-0.4, -0.2) is 10.1 Å². The van der Waals surface area contributed by atoms with Gasteiger partial charge < -0.3 is 10.3 Å². The standard InChI is InChI=1S/C18H18FN5O/c1-2-14(24(21)15-11-7-6-10-13(15)19)16(20)18-22-17(23-25-18)12-8-4-3-5-9-12/h3-11H,2,20-21H2,1H3/b16-14-. The molecule has 2 aromatic carbocycles. The summed E-state index contributed by atoms with van der Waals surface area (Å²) in [5.41, 5.74) is 7.88. The summed E-state index contributed by atoms with van der Waals surface area (Å²) >= 11 is 0. The van der Waals surface area contributed by atoms with Crippen LogP contribution < -0.4 is 16.6 Å². The van der Waals surface area contributed by atoms with E-state index in [1.54, 1.807) is 18.2 Å². The summed E-state index contributed by atoms with van der Waals surface area (Å²) in [7, 11) is 0.